The van der Waals surface area contributed by atoms with Crippen LogP contribution in [0.4, 0.5) is 13.2 Å². The smallest absolute Gasteiger partial charge is 0.303 e. The summed E-state index contributed by atoms with van der Waals surface area (Å²) in [6.45, 7) is -0.593. The van der Waals surface area contributed by atoms with Gasteiger partial charge in [-0.05, 0) is 6.42 Å². The Bertz CT molecular complexity index is 174. The van der Waals surface area contributed by atoms with Crippen LogP contribution >= 0.6 is 7.82 Å². The third-order valence-electron chi connectivity index (χ3n) is 0.864. The van der Waals surface area contributed by atoms with E-state index in [4.69, 9.17) is 9.79 Å². The van der Waals surface area contributed by atoms with Crippen molar-refractivity contribution in [3.8, 4) is 0 Å². The lowest BCUT2D eigenvalue weighted by Gasteiger charge is -2.06. The maximum Gasteiger partial charge on any atom is 0.469 e. The van der Waals surface area contributed by atoms with Gasteiger partial charge in [-0.15, -0.1) is 0 Å². The van der Waals surface area contributed by atoms with Crippen LogP contribution in [0.25, 0.3) is 0 Å². The molecular weight excluding hydrogens is 200 g/mol. The Balaban J connectivity index is 3.41. The van der Waals surface area contributed by atoms with Gasteiger partial charge >= 0.3 is 14.0 Å². The molecule has 12 heavy (non-hydrogen) atoms. The van der Waals surface area contributed by atoms with Crippen LogP contribution in [0.1, 0.15) is 12.8 Å². The lowest BCUT2D eigenvalue weighted by molar-refractivity contribution is -0.136. The molecule has 0 aliphatic carbocycles. The zero-order valence-electron chi connectivity index (χ0n) is 5.91. The number of hydrogen-bond acceptors (Lipinski definition) is 2. The van der Waals surface area contributed by atoms with Crippen LogP contribution in [0, 0.1) is 0 Å². The molecule has 0 saturated heterocycles. The van der Waals surface area contributed by atoms with Crippen LogP contribution in [0.15, 0.2) is 0 Å². The summed E-state index contributed by atoms with van der Waals surface area (Å²) in [6.07, 6.45) is -5.86. The highest BCUT2D eigenvalue weighted by atomic mass is 31.2. The van der Waals surface area contributed by atoms with E-state index in [1.54, 1.807) is 0 Å². The first-order valence-corrected chi connectivity index (χ1v) is 4.50. The lowest BCUT2D eigenvalue weighted by Crippen LogP contribution is -2.08. The molecule has 4 nitrogen and oxygen atoms in total. The molecule has 0 fully saturated rings. The Morgan fingerprint density at radius 3 is 2.17 bits per heavy atom. The fourth-order valence-electron chi connectivity index (χ4n) is 0.456. The van der Waals surface area contributed by atoms with Crippen molar-refractivity contribution in [2.45, 2.75) is 19.0 Å². The average Bonchev–Trinajstić information content (AvgIpc) is 1.76. The van der Waals surface area contributed by atoms with Gasteiger partial charge in [-0.2, -0.15) is 13.2 Å². The predicted molar refractivity (Wildman–Crippen MR) is 33.3 cm³/mol. The predicted octanol–water partition coefficient (Wildman–Crippen LogP) is 1.44. The van der Waals surface area contributed by atoms with Gasteiger partial charge in [0.25, 0.3) is 0 Å². The van der Waals surface area contributed by atoms with Crippen LogP contribution < -0.4 is 0 Å². The summed E-state index contributed by atoms with van der Waals surface area (Å²) < 4.78 is 48.0. The molecule has 74 valence electrons. The SMILES string of the molecule is O=P(O)(O)OCCCC(F)(F)F. The molecule has 0 aliphatic rings. The lowest BCUT2D eigenvalue weighted by atomic mass is 10.3. The van der Waals surface area contributed by atoms with Crippen molar-refractivity contribution in [1.82, 2.24) is 0 Å². The number of alkyl halides is 3. The summed E-state index contributed by atoms with van der Waals surface area (Å²) in [5.41, 5.74) is 0. The van der Waals surface area contributed by atoms with Crippen molar-refractivity contribution in [3.05, 3.63) is 0 Å². The van der Waals surface area contributed by atoms with E-state index in [0.29, 0.717) is 0 Å². The molecule has 0 spiro atoms. The minimum absolute atomic E-state index is 0.450. The Kier molecular flexibility index (Phi) is 4.19. The zero-order chi connectivity index (χ0) is 9.83. The second-order valence-corrected chi connectivity index (χ2v) is 3.28. The average molecular weight is 208 g/mol. The van der Waals surface area contributed by atoms with E-state index >= 15 is 0 Å². The molecule has 0 atom stereocenters. The van der Waals surface area contributed by atoms with Crippen LogP contribution in [-0.4, -0.2) is 22.6 Å². The van der Waals surface area contributed by atoms with Crippen molar-refractivity contribution < 1.29 is 32.0 Å². The molecule has 0 aromatic carbocycles. The summed E-state index contributed by atoms with van der Waals surface area (Å²) in [5, 5.41) is 0. The normalized spacial score (nSPS) is 13.4. The van der Waals surface area contributed by atoms with Gasteiger partial charge in [0.15, 0.2) is 0 Å². The molecule has 0 aromatic heterocycles. The highest BCUT2D eigenvalue weighted by molar-refractivity contribution is 7.46. The van der Waals surface area contributed by atoms with Crippen LogP contribution in [0.2, 0.25) is 0 Å². The van der Waals surface area contributed by atoms with Crippen molar-refractivity contribution in [3.63, 3.8) is 0 Å². The fraction of sp³-hybridized carbons (Fsp3) is 1.00. The molecule has 0 radical (unpaired) electrons. The van der Waals surface area contributed by atoms with E-state index in [2.05, 4.69) is 4.52 Å². The Morgan fingerprint density at radius 2 is 1.83 bits per heavy atom. The summed E-state index contributed by atoms with van der Waals surface area (Å²) >= 11 is 0. The maximum absolute atomic E-state index is 11.4. The standard InChI is InChI=1S/C4H8F3O4P/c5-4(6,7)2-1-3-11-12(8,9)10/h1-3H2,(H2,8,9,10). The number of halogens is 3. The molecule has 0 bridgehead atoms. The molecule has 2 N–H and O–H groups in total. The van der Waals surface area contributed by atoms with Gasteiger partial charge in [-0.1, -0.05) is 0 Å². The van der Waals surface area contributed by atoms with Gasteiger partial charge in [-0.3, -0.25) is 4.52 Å². The molecule has 0 aromatic rings. The van der Waals surface area contributed by atoms with Crippen LogP contribution in [0.5, 0.6) is 0 Å². The van der Waals surface area contributed by atoms with Crippen LogP contribution in [0.3, 0.4) is 0 Å². The van der Waals surface area contributed by atoms with E-state index in [1.807, 2.05) is 0 Å². The maximum atomic E-state index is 11.4. The molecular formula is C4H8F3O4P. The first-order chi connectivity index (χ1) is 5.21. The zero-order valence-corrected chi connectivity index (χ0v) is 6.81. The third-order valence-corrected chi connectivity index (χ3v) is 1.38. The summed E-state index contributed by atoms with van der Waals surface area (Å²) in [4.78, 5) is 16.1. The Morgan fingerprint density at radius 1 is 1.33 bits per heavy atom. The summed E-state index contributed by atoms with van der Waals surface area (Å²) in [6, 6.07) is 0. The first kappa shape index (κ1) is 11.9. The molecule has 0 heterocycles. The van der Waals surface area contributed by atoms with Gasteiger partial charge in [0, 0.05) is 6.42 Å². The number of phosphoric acid groups is 1. The molecule has 0 aliphatic heterocycles. The molecule has 0 amide bonds. The second kappa shape index (κ2) is 4.23. The minimum atomic E-state index is -4.62. The summed E-state index contributed by atoms with van der Waals surface area (Å²) in [5.74, 6) is 0. The second-order valence-electron chi connectivity index (χ2n) is 2.04. The monoisotopic (exact) mass is 208 g/mol. The topological polar surface area (TPSA) is 66.8 Å². The van der Waals surface area contributed by atoms with Gasteiger partial charge < -0.3 is 9.79 Å². The van der Waals surface area contributed by atoms with E-state index < -0.39 is 33.4 Å². The Labute approximate surface area is 66.6 Å². The van der Waals surface area contributed by atoms with Crippen molar-refractivity contribution in [2.24, 2.45) is 0 Å². The van der Waals surface area contributed by atoms with Gasteiger partial charge in [0.1, 0.15) is 0 Å². The quantitative estimate of drug-likeness (QED) is 0.541. The third kappa shape index (κ3) is 9.90. The molecule has 0 rings (SSSR count). The van der Waals surface area contributed by atoms with Crippen molar-refractivity contribution in [1.29, 1.82) is 0 Å². The molecule has 8 heteroatoms. The van der Waals surface area contributed by atoms with E-state index in [0.717, 1.165) is 0 Å². The van der Waals surface area contributed by atoms with Gasteiger partial charge in [0.05, 0.1) is 6.61 Å². The van der Waals surface area contributed by atoms with Crippen molar-refractivity contribution in [2.75, 3.05) is 6.61 Å². The largest absolute Gasteiger partial charge is 0.469 e. The molecule has 0 saturated carbocycles. The number of rotatable bonds is 4. The number of hydrogen-bond donors (Lipinski definition) is 2. The van der Waals surface area contributed by atoms with Gasteiger partial charge in [-0.25, -0.2) is 4.57 Å². The van der Waals surface area contributed by atoms with Crippen molar-refractivity contribution >= 4 is 7.82 Å². The van der Waals surface area contributed by atoms with E-state index in [1.165, 1.54) is 0 Å². The highest BCUT2D eigenvalue weighted by Crippen LogP contribution is 2.36. The summed E-state index contributed by atoms with van der Waals surface area (Å²) in [7, 11) is -4.62. The highest BCUT2D eigenvalue weighted by Gasteiger charge is 2.26. The Hall–Kier alpha value is -0.100. The minimum Gasteiger partial charge on any atom is -0.303 e. The van der Waals surface area contributed by atoms with E-state index in [-0.39, 0.29) is 0 Å². The number of phosphoric ester groups is 1. The first-order valence-electron chi connectivity index (χ1n) is 2.97. The molecule has 0 unspecified atom stereocenters. The fourth-order valence-corrected chi connectivity index (χ4v) is 0.823. The van der Waals surface area contributed by atoms with E-state index in [9.17, 15) is 17.7 Å². The van der Waals surface area contributed by atoms with Crippen LogP contribution in [-0.2, 0) is 9.09 Å². The van der Waals surface area contributed by atoms with Gasteiger partial charge in [0.2, 0.25) is 0 Å².